The molecular weight excluding hydrogens is 210 g/mol. The Hall–Kier alpha value is -0.0800. The van der Waals surface area contributed by atoms with Gasteiger partial charge in [-0.05, 0) is 43.7 Å². The lowest BCUT2D eigenvalue weighted by Crippen LogP contribution is -2.27. The van der Waals surface area contributed by atoms with Gasteiger partial charge in [0.15, 0.2) is 0 Å². The van der Waals surface area contributed by atoms with E-state index in [1.54, 1.807) is 0 Å². The average molecular weight is 243 g/mol. The van der Waals surface area contributed by atoms with Crippen LogP contribution in [-0.2, 0) is 4.74 Å². The quantitative estimate of drug-likeness (QED) is 0.588. The average Bonchev–Trinajstić information content (AvgIpc) is 2.22. The maximum absolute atomic E-state index is 5.26. The van der Waals surface area contributed by atoms with Gasteiger partial charge in [0, 0.05) is 13.7 Å². The van der Waals surface area contributed by atoms with Crippen LogP contribution in [0.2, 0.25) is 0 Å². The zero-order valence-corrected chi connectivity index (χ0v) is 12.6. The Morgan fingerprint density at radius 3 is 2.35 bits per heavy atom. The molecule has 0 aromatic carbocycles. The molecule has 0 unspecified atom stereocenters. The second-order valence-electron chi connectivity index (χ2n) is 6.34. The minimum atomic E-state index is 0.404. The summed E-state index contributed by atoms with van der Waals surface area (Å²) in [7, 11) is 1.81. The lowest BCUT2D eigenvalue weighted by molar-refractivity contribution is 0.141. The molecule has 0 aromatic rings. The molecule has 2 heteroatoms. The van der Waals surface area contributed by atoms with Gasteiger partial charge in [-0.15, -0.1) is 0 Å². The van der Waals surface area contributed by atoms with Crippen LogP contribution < -0.4 is 5.32 Å². The summed E-state index contributed by atoms with van der Waals surface area (Å²) in [5.41, 5.74) is 0.404. The number of methoxy groups -OCH3 is 1. The van der Waals surface area contributed by atoms with Crippen LogP contribution in [0.4, 0.5) is 0 Å². The Bertz CT molecular complexity index is 157. The lowest BCUT2D eigenvalue weighted by atomic mass is 9.96. The topological polar surface area (TPSA) is 21.3 Å². The molecule has 0 aliphatic heterocycles. The van der Waals surface area contributed by atoms with Gasteiger partial charge >= 0.3 is 0 Å². The van der Waals surface area contributed by atoms with E-state index in [9.17, 15) is 0 Å². The van der Waals surface area contributed by atoms with E-state index in [-0.39, 0.29) is 0 Å². The number of hydrogen-bond acceptors (Lipinski definition) is 2. The first-order chi connectivity index (χ1) is 7.99. The van der Waals surface area contributed by atoms with Crippen LogP contribution in [0.15, 0.2) is 0 Å². The molecule has 0 saturated carbocycles. The van der Waals surface area contributed by atoms with Crippen molar-refractivity contribution in [2.75, 3.05) is 26.8 Å². The lowest BCUT2D eigenvalue weighted by Gasteiger charge is -2.19. The second kappa shape index (κ2) is 9.90. The van der Waals surface area contributed by atoms with E-state index in [1.165, 1.54) is 32.1 Å². The minimum absolute atomic E-state index is 0.404. The smallest absolute Gasteiger partial charge is 0.0490 e. The molecule has 0 radical (unpaired) electrons. The maximum Gasteiger partial charge on any atom is 0.0490 e. The molecule has 2 nitrogen and oxygen atoms in total. The summed E-state index contributed by atoms with van der Waals surface area (Å²) >= 11 is 0. The van der Waals surface area contributed by atoms with Crippen LogP contribution in [0.3, 0.4) is 0 Å². The molecule has 104 valence electrons. The van der Waals surface area contributed by atoms with Gasteiger partial charge in [0.25, 0.3) is 0 Å². The fraction of sp³-hybridized carbons (Fsp3) is 1.00. The van der Waals surface area contributed by atoms with Crippen LogP contribution in [0.5, 0.6) is 0 Å². The SMILES string of the molecule is CCC[C@@H](CCCCNCC(C)(C)C)COC. The van der Waals surface area contributed by atoms with Crippen molar-refractivity contribution < 1.29 is 4.74 Å². The summed E-state index contributed by atoms with van der Waals surface area (Å²) in [6, 6.07) is 0. The van der Waals surface area contributed by atoms with Gasteiger partial charge in [0.2, 0.25) is 0 Å². The van der Waals surface area contributed by atoms with Crippen molar-refractivity contribution in [3.63, 3.8) is 0 Å². The van der Waals surface area contributed by atoms with Crippen LogP contribution in [-0.4, -0.2) is 26.8 Å². The van der Waals surface area contributed by atoms with Crippen molar-refractivity contribution in [2.24, 2.45) is 11.3 Å². The third-order valence-corrected chi connectivity index (χ3v) is 2.97. The van der Waals surface area contributed by atoms with E-state index in [0.717, 1.165) is 25.6 Å². The number of rotatable bonds is 10. The molecule has 0 spiro atoms. The number of nitrogens with one attached hydrogen (secondary N) is 1. The van der Waals surface area contributed by atoms with Crippen molar-refractivity contribution in [1.82, 2.24) is 5.32 Å². The molecule has 0 rings (SSSR count). The normalized spacial score (nSPS) is 13.9. The van der Waals surface area contributed by atoms with Gasteiger partial charge in [-0.1, -0.05) is 40.5 Å². The monoisotopic (exact) mass is 243 g/mol. The number of ether oxygens (including phenoxy) is 1. The van der Waals surface area contributed by atoms with Gasteiger partial charge in [0.1, 0.15) is 0 Å². The van der Waals surface area contributed by atoms with Crippen molar-refractivity contribution in [3.05, 3.63) is 0 Å². The Labute approximate surface area is 109 Å². The van der Waals surface area contributed by atoms with Gasteiger partial charge in [-0.2, -0.15) is 0 Å². The van der Waals surface area contributed by atoms with E-state index in [4.69, 9.17) is 4.74 Å². The Balaban J connectivity index is 3.41. The molecule has 0 heterocycles. The molecular formula is C15H33NO. The van der Waals surface area contributed by atoms with Gasteiger partial charge in [-0.25, -0.2) is 0 Å². The zero-order chi connectivity index (χ0) is 13.1. The van der Waals surface area contributed by atoms with E-state index in [2.05, 4.69) is 33.0 Å². The largest absolute Gasteiger partial charge is 0.384 e. The molecule has 0 bridgehead atoms. The van der Waals surface area contributed by atoms with Crippen molar-refractivity contribution in [2.45, 2.75) is 59.8 Å². The Morgan fingerprint density at radius 2 is 1.82 bits per heavy atom. The first kappa shape index (κ1) is 16.9. The van der Waals surface area contributed by atoms with Crippen LogP contribution in [0.25, 0.3) is 0 Å². The highest BCUT2D eigenvalue weighted by Crippen LogP contribution is 2.15. The van der Waals surface area contributed by atoms with Crippen LogP contribution in [0.1, 0.15) is 59.8 Å². The molecule has 0 saturated heterocycles. The molecule has 0 fully saturated rings. The molecule has 0 aliphatic carbocycles. The Morgan fingerprint density at radius 1 is 1.12 bits per heavy atom. The highest BCUT2D eigenvalue weighted by molar-refractivity contribution is 4.65. The van der Waals surface area contributed by atoms with Crippen LogP contribution >= 0.6 is 0 Å². The first-order valence-electron chi connectivity index (χ1n) is 7.19. The fourth-order valence-electron chi connectivity index (χ4n) is 2.10. The predicted octanol–water partition coefficient (Wildman–Crippen LogP) is 3.86. The summed E-state index contributed by atoms with van der Waals surface area (Å²) in [6.45, 7) is 12.3. The summed E-state index contributed by atoms with van der Waals surface area (Å²) in [6.07, 6.45) is 6.52. The molecule has 0 aromatic heterocycles. The predicted molar refractivity (Wildman–Crippen MR) is 76.4 cm³/mol. The van der Waals surface area contributed by atoms with Gasteiger partial charge in [0.05, 0.1) is 0 Å². The molecule has 0 amide bonds. The third-order valence-electron chi connectivity index (χ3n) is 2.97. The standard InChI is InChI=1S/C15H33NO/c1-6-9-14(12-17-5)10-7-8-11-16-13-15(2,3)4/h14,16H,6-13H2,1-5H3/t14-/m0/s1. The van der Waals surface area contributed by atoms with E-state index in [1.807, 2.05) is 7.11 Å². The summed E-state index contributed by atoms with van der Waals surface area (Å²) in [5, 5.41) is 3.53. The van der Waals surface area contributed by atoms with E-state index in [0.29, 0.717) is 5.41 Å². The molecule has 17 heavy (non-hydrogen) atoms. The fourth-order valence-corrected chi connectivity index (χ4v) is 2.10. The van der Waals surface area contributed by atoms with Gasteiger partial charge < -0.3 is 10.1 Å². The molecule has 1 N–H and O–H groups in total. The van der Waals surface area contributed by atoms with Gasteiger partial charge in [-0.3, -0.25) is 0 Å². The van der Waals surface area contributed by atoms with Crippen molar-refractivity contribution in [3.8, 4) is 0 Å². The van der Waals surface area contributed by atoms with E-state index < -0.39 is 0 Å². The highest BCUT2D eigenvalue weighted by atomic mass is 16.5. The van der Waals surface area contributed by atoms with Crippen molar-refractivity contribution in [1.29, 1.82) is 0 Å². The van der Waals surface area contributed by atoms with Crippen LogP contribution in [0, 0.1) is 11.3 Å². The number of unbranched alkanes of at least 4 members (excludes halogenated alkanes) is 1. The summed E-state index contributed by atoms with van der Waals surface area (Å²) in [4.78, 5) is 0. The first-order valence-corrected chi connectivity index (χ1v) is 7.19. The zero-order valence-electron chi connectivity index (χ0n) is 12.6. The highest BCUT2D eigenvalue weighted by Gasteiger charge is 2.09. The third kappa shape index (κ3) is 12.2. The number of hydrogen-bond donors (Lipinski definition) is 1. The molecule has 0 aliphatic rings. The summed E-state index contributed by atoms with van der Waals surface area (Å²) in [5.74, 6) is 0.771. The minimum Gasteiger partial charge on any atom is -0.384 e. The maximum atomic E-state index is 5.26. The second-order valence-corrected chi connectivity index (χ2v) is 6.34. The Kier molecular flexibility index (Phi) is 9.85. The van der Waals surface area contributed by atoms with E-state index >= 15 is 0 Å². The van der Waals surface area contributed by atoms with Crippen molar-refractivity contribution >= 4 is 0 Å². The summed E-state index contributed by atoms with van der Waals surface area (Å²) < 4.78 is 5.26. The molecule has 1 atom stereocenters.